The van der Waals surface area contributed by atoms with Crippen molar-refractivity contribution in [3.63, 3.8) is 0 Å². The molecule has 0 heterocycles. The SMILES string of the molecule is CC(C)C[C@H](O)C(=O)N[C@H](Cc1ccc(F)cc1)C(=O)O. The Morgan fingerprint density at radius 1 is 1.24 bits per heavy atom. The van der Waals surface area contributed by atoms with Gasteiger partial charge in [0.25, 0.3) is 0 Å². The van der Waals surface area contributed by atoms with Gasteiger partial charge in [-0.1, -0.05) is 26.0 Å². The van der Waals surface area contributed by atoms with Crippen LogP contribution in [0.5, 0.6) is 0 Å². The third kappa shape index (κ3) is 5.91. The Labute approximate surface area is 122 Å². The first-order chi connectivity index (χ1) is 9.79. The molecule has 6 heteroatoms. The maximum Gasteiger partial charge on any atom is 0.326 e. The average molecular weight is 297 g/mol. The lowest BCUT2D eigenvalue weighted by molar-refractivity contribution is -0.143. The van der Waals surface area contributed by atoms with E-state index in [4.69, 9.17) is 5.11 Å². The summed E-state index contributed by atoms with van der Waals surface area (Å²) < 4.78 is 12.8. The standard InChI is InChI=1S/C15H20FNO4/c1-9(2)7-13(18)14(19)17-12(15(20)21)8-10-3-5-11(16)6-4-10/h3-6,9,12-13,18H,7-8H2,1-2H3,(H,17,19)(H,20,21)/t12-,13+/m1/s1. The summed E-state index contributed by atoms with van der Waals surface area (Å²) in [7, 11) is 0. The quantitative estimate of drug-likeness (QED) is 0.709. The summed E-state index contributed by atoms with van der Waals surface area (Å²) in [4.78, 5) is 22.9. The van der Waals surface area contributed by atoms with Crippen LogP contribution in [0.4, 0.5) is 4.39 Å². The van der Waals surface area contributed by atoms with Crippen LogP contribution in [-0.4, -0.2) is 34.2 Å². The second kappa shape index (κ2) is 7.73. The summed E-state index contributed by atoms with van der Waals surface area (Å²) in [5.74, 6) is -2.21. The number of amides is 1. The van der Waals surface area contributed by atoms with E-state index in [1.54, 1.807) is 0 Å². The molecule has 116 valence electrons. The Bertz CT molecular complexity index is 487. The van der Waals surface area contributed by atoms with Crippen molar-refractivity contribution >= 4 is 11.9 Å². The first-order valence-electron chi connectivity index (χ1n) is 6.75. The number of benzene rings is 1. The zero-order valence-corrected chi connectivity index (χ0v) is 12.0. The average Bonchev–Trinajstić information content (AvgIpc) is 2.39. The van der Waals surface area contributed by atoms with Gasteiger partial charge in [0.2, 0.25) is 5.91 Å². The molecule has 0 aliphatic rings. The molecule has 1 aromatic carbocycles. The molecular weight excluding hydrogens is 277 g/mol. The molecule has 0 fully saturated rings. The first kappa shape index (κ1) is 17.1. The Morgan fingerprint density at radius 3 is 2.29 bits per heavy atom. The lowest BCUT2D eigenvalue weighted by Crippen LogP contribution is -2.46. The lowest BCUT2D eigenvalue weighted by Gasteiger charge is -2.18. The van der Waals surface area contributed by atoms with Gasteiger partial charge in [-0.15, -0.1) is 0 Å². The van der Waals surface area contributed by atoms with E-state index in [1.165, 1.54) is 24.3 Å². The van der Waals surface area contributed by atoms with Gasteiger partial charge in [0.15, 0.2) is 0 Å². The summed E-state index contributed by atoms with van der Waals surface area (Å²) >= 11 is 0. The number of carbonyl (C=O) groups excluding carboxylic acids is 1. The number of aliphatic hydroxyl groups is 1. The van der Waals surface area contributed by atoms with Gasteiger partial charge < -0.3 is 15.5 Å². The second-order valence-electron chi connectivity index (χ2n) is 5.38. The Hall–Kier alpha value is -1.95. The Morgan fingerprint density at radius 2 is 1.81 bits per heavy atom. The van der Waals surface area contributed by atoms with E-state index in [-0.39, 0.29) is 18.8 Å². The third-order valence-electron chi connectivity index (χ3n) is 2.96. The van der Waals surface area contributed by atoms with Crippen LogP contribution in [0.3, 0.4) is 0 Å². The van der Waals surface area contributed by atoms with Gasteiger partial charge in [-0.2, -0.15) is 0 Å². The summed E-state index contributed by atoms with van der Waals surface area (Å²) in [5.41, 5.74) is 0.586. The molecule has 21 heavy (non-hydrogen) atoms. The van der Waals surface area contributed by atoms with E-state index in [2.05, 4.69) is 5.32 Å². The highest BCUT2D eigenvalue weighted by atomic mass is 19.1. The first-order valence-corrected chi connectivity index (χ1v) is 6.75. The zero-order chi connectivity index (χ0) is 16.0. The smallest absolute Gasteiger partial charge is 0.326 e. The highest BCUT2D eigenvalue weighted by Crippen LogP contribution is 2.08. The number of carboxylic acids is 1. The number of rotatable bonds is 7. The predicted molar refractivity (Wildman–Crippen MR) is 75.1 cm³/mol. The van der Waals surface area contributed by atoms with E-state index in [0.29, 0.717) is 5.56 Å². The largest absolute Gasteiger partial charge is 0.480 e. The van der Waals surface area contributed by atoms with Crippen molar-refractivity contribution in [1.82, 2.24) is 5.32 Å². The Balaban J connectivity index is 2.67. The maximum absolute atomic E-state index is 12.8. The molecule has 2 atom stereocenters. The van der Waals surface area contributed by atoms with Gasteiger partial charge in [0.05, 0.1) is 0 Å². The van der Waals surface area contributed by atoms with Gasteiger partial charge in [0.1, 0.15) is 18.0 Å². The fourth-order valence-electron chi connectivity index (χ4n) is 1.88. The highest BCUT2D eigenvalue weighted by molar-refractivity contribution is 5.86. The van der Waals surface area contributed by atoms with Crippen LogP contribution in [0.15, 0.2) is 24.3 Å². The van der Waals surface area contributed by atoms with Gasteiger partial charge in [-0.05, 0) is 30.0 Å². The minimum Gasteiger partial charge on any atom is -0.480 e. The fourth-order valence-corrected chi connectivity index (χ4v) is 1.88. The molecule has 3 N–H and O–H groups in total. The van der Waals surface area contributed by atoms with Crippen LogP contribution >= 0.6 is 0 Å². The van der Waals surface area contributed by atoms with Crippen molar-refractivity contribution < 1.29 is 24.2 Å². The monoisotopic (exact) mass is 297 g/mol. The lowest BCUT2D eigenvalue weighted by atomic mass is 10.0. The molecule has 0 radical (unpaired) electrons. The van der Waals surface area contributed by atoms with Crippen LogP contribution in [0, 0.1) is 11.7 Å². The topological polar surface area (TPSA) is 86.6 Å². The van der Waals surface area contributed by atoms with Gasteiger partial charge in [0, 0.05) is 6.42 Å². The van der Waals surface area contributed by atoms with Crippen molar-refractivity contribution in [3.8, 4) is 0 Å². The van der Waals surface area contributed by atoms with E-state index < -0.39 is 29.8 Å². The summed E-state index contributed by atoms with van der Waals surface area (Å²) in [6, 6.07) is 4.21. The number of carboxylic acid groups (broad SMARTS) is 1. The van der Waals surface area contributed by atoms with E-state index in [0.717, 1.165) is 0 Å². The number of aliphatic hydroxyl groups excluding tert-OH is 1. The molecule has 0 aliphatic carbocycles. The fraction of sp³-hybridized carbons (Fsp3) is 0.467. The van der Waals surface area contributed by atoms with Gasteiger partial charge in [-0.3, -0.25) is 4.79 Å². The molecule has 1 rings (SSSR count). The summed E-state index contributed by atoms with van der Waals surface area (Å²) in [6.07, 6.45) is -0.954. The second-order valence-corrected chi connectivity index (χ2v) is 5.38. The van der Waals surface area contributed by atoms with Crippen molar-refractivity contribution in [2.45, 2.75) is 38.8 Å². The number of hydrogen-bond acceptors (Lipinski definition) is 3. The minimum atomic E-state index is -1.24. The molecule has 0 saturated heterocycles. The van der Waals surface area contributed by atoms with Crippen LogP contribution in [0.25, 0.3) is 0 Å². The van der Waals surface area contributed by atoms with Crippen LogP contribution in [0.2, 0.25) is 0 Å². The number of hydrogen-bond donors (Lipinski definition) is 3. The molecule has 1 aromatic rings. The number of aliphatic carboxylic acids is 1. The van der Waals surface area contributed by atoms with E-state index in [9.17, 15) is 19.1 Å². The van der Waals surface area contributed by atoms with Crippen LogP contribution < -0.4 is 5.32 Å². The predicted octanol–water partition coefficient (Wildman–Crippen LogP) is 1.34. The summed E-state index contributed by atoms with van der Waals surface area (Å²) in [6.45, 7) is 3.70. The molecule has 0 spiro atoms. The molecule has 5 nitrogen and oxygen atoms in total. The van der Waals surface area contributed by atoms with Crippen LogP contribution in [0.1, 0.15) is 25.8 Å². The van der Waals surface area contributed by atoms with Crippen molar-refractivity contribution in [1.29, 1.82) is 0 Å². The number of halogens is 1. The molecule has 1 amide bonds. The maximum atomic E-state index is 12.8. The summed E-state index contributed by atoms with van der Waals surface area (Å²) in [5, 5.41) is 21.1. The van der Waals surface area contributed by atoms with E-state index in [1.807, 2.05) is 13.8 Å². The zero-order valence-electron chi connectivity index (χ0n) is 12.0. The van der Waals surface area contributed by atoms with Crippen molar-refractivity contribution in [3.05, 3.63) is 35.6 Å². The molecular formula is C15H20FNO4. The third-order valence-corrected chi connectivity index (χ3v) is 2.96. The molecule has 0 saturated carbocycles. The van der Waals surface area contributed by atoms with E-state index >= 15 is 0 Å². The Kier molecular flexibility index (Phi) is 6.30. The van der Waals surface area contributed by atoms with Gasteiger partial charge in [-0.25, -0.2) is 9.18 Å². The normalized spacial score (nSPS) is 13.8. The molecule has 0 unspecified atom stereocenters. The van der Waals surface area contributed by atoms with Crippen molar-refractivity contribution in [2.24, 2.45) is 5.92 Å². The van der Waals surface area contributed by atoms with Crippen molar-refractivity contribution in [2.75, 3.05) is 0 Å². The highest BCUT2D eigenvalue weighted by Gasteiger charge is 2.24. The number of carbonyl (C=O) groups is 2. The molecule has 0 aromatic heterocycles. The minimum absolute atomic E-state index is 0.0236. The molecule has 0 bridgehead atoms. The van der Waals surface area contributed by atoms with Crippen LogP contribution in [-0.2, 0) is 16.0 Å². The van der Waals surface area contributed by atoms with Gasteiger partial charge >= 0.3 is 5.97 Å². The molecule has 0 aliphatic heterocycles. The number of nitrogens with one attached hydrogen (secondary N) is 1.